The van der Waals surface area contributed by atoms with E-state index in [1.54, 1.807) is 0 Å². The fraction of sp³-hybridized carbons (Fsp3) is 0.478. The third kappa shape index (κ3) is 3.82. The van der Waals surface area contributed by atoms with Gasteiger partial charge < -0.3 is 27.7 Å². The molecule has 2 fully saturated rings. The summed E-state index contributed by atoms with van der Waals surface area (Å²) < 4.78 is 0. The van der Waals surface area contributed by atoms with Gasteiger partial charge in [-0.25, -0.2) is 0 Å². The Morgan fingerprint density at radius 2 is 1.08 bits per heavy atom. The minimum Gasteiger partial charge on any atom is -0.358 e. The smallest absolute Gasteiger partial charge is 0.358 e. The van der Waals surface area contributed by atoms with Gasteiger partial charge in [-0.1, -0.05) is 68.6 Å². The van der Waals surface area contributed by atoms with Gasteiger partial charge >= 0.3 is 26.2 Å². The van der Waals surface area contributed by atoms with Crippen molar-refractivity contribution in [3.05, 3.63) is 76.3 Å². The third-order valence-electron chi connectivity index (χ3n) is 6.47. The van der Waals surface area contributed by atoms with E-state index in [-0.39, 0.29) is 41.1 Å². The Morgan fingerprint density at radius 3 is 1.46 bits per heavy atom. The van der Waals surface area contributed by atoms with Gasteiger partial charge in [-0.15, -0.1) is 24.0 Å². The van der Waals surface area contributed by atoms with Gasteiger partial charge in [-0.3, -0.25) is 0 Å². The second-order valence-electron chi connectivity index (χ2n) is 7.91. The minimum absolute atomic E-state index is 0. The molecule has 0 aromatic carbocycles. The molecule has 4 aliphatic carbocycles. The second-order valence-corrected chi connectivity index (χ2v) is 7.91. The molecule has 2 saturated carbocycles. The number of rotatable bonds is 2. The Hall–Kier alpha value is -0.157. The summed E-state index contributed by atoms with van der Waals surface area (Å²) in [7, 11) is 0. The summed E-state index contributed by atoms with van der Waals surface area (Å²) in [4.78, 5) is 0. The largest absolute Gasteiger partial charge is 4.00 e. The molecule has 0 radical (unpaired) electrons. The molecule has 0 heterocycles. The summed E-state index contributed by atoms with van der Waals surface area (Å²) >= 11 is 0. The van der Waals surface area contributed by atoms with E-state index in [0.717, 1.165) is 23.7 Å². The van der Waals surface area contributed by atoms with Gasteiger partial charge in [0.15, 0.2) is 0 Å². The van der Waals surface area contributed by atoms with Gasteiger partial charge in [0.1, 0.15) is 0 Å². The van der Waals surface area contributed by atoms with Crippen molar-refractivity contribution in [3.63, 3.8) is 0 Å². The van der Waals surface area contributed by atoms with E-state index in [9.17, 15) is 0 Å². The molecule has 0 aromatic heterocycles. The topological polar surface area (TPSA) is 0 Å². The molecule has 0 aliphatic heterocycles. The minimum atomic E-state index is 0. The molecule has 128 valence electrons. The number of fused-ring (bicyclic) bond motifs is 2. The molecule has 0 saturated heterocycles. The molecule has 0 spiro atoms. The molecule has 24 heavy (non-hydrogen) atoms. The SMILES string of the molecule is CC(C)(C1[CH-]C2C=CC=CC2C1)C1[CH-]C2C=CC=CC2C1.[CH3-].[CH3-].[Zr+4]. The van der Waals surface area contributed by atoms with E-state index in [0.29, 0.717) is 17.3 Å². The normalized spacial score (nSPS) is 38.6. The molecule has 6 unspecified atom stereocenters. The van der Waals surface area contributed by atoms with Gasteiger partial charge in [0, 0.05) is 0 Å². The zero-order chi connectivity index (χ0) is 14.4. The first-order valence-corrected chi connectivity index (χ1v) is 8.54. The number of hydrogen-bond donors (Lipinski definition) is 0. The van der Waals surface area contributed by atoms with Crippen LogP contribution in [-0.2, 0) is 26.2 Å². The number of allylic oxidation sites excluding steroid dienone is 8. The molecular weight excluding hydrogens is 367 g/mol. The van der Waals surface area contributed by atoms with Crippen LogP contribution in [0.4, 0.5) is 0 Å². The maximum atomic E-state index is 2.64. The standard InChI is InChI=1S/C21H26.2CH3.Zr/c1-21(2,19-11-15-7-3-4-8-16(15)12-19)20-13-17-9-5-6-10-18(17)14-20;;;/h3-11,13,15-20H,12,14H2,1-2H3;2*1H3;/q-2;2*-1;+4. The van der Waals surface area contributed by atoms with Gasteiger partial charge in [0.25, 0.3) is 0 Å². The monoisotopic (exact) mass is 398 g/mol. The molecule has 6 atom stereocenters. The van der Waals surface area contributed by atoms with Crippen LogP contribution in [0.25, 0.3) is 0 Å². The van der Waals surface area contributed by atoms with Gasteiger partial charge in [-0.05, 0) is 11.8 Å². The quantitative estimate of drug-likeness (QED) is 0.494. The first kappa shape index (κ1) is 21.9. The zero-order valence-electron chi connectivity index (χ0n) is 15.7. The Labute approximate surface area is 169 Å². The van der Waals surface area contributed by atoms with Crippen molar-refractivity contribution in [2.45, 2.75) is 26.7 Å². The van der Waals surface area contributed by atoms with E-state index < -0.39 is 0 Å². The van der Waals surface area contributed by atoms with Crippen molar-refractivity contribution < 1.29 is 26.2 Å². The van der Waals surface area contributed by atoms with Gasteiger partial charge in [0.05, 0.1) is 0 Å². The van der Waals surface area contributed by atoms with Crippen molar-refractivity contribution >= 4 is 0 Å². The predicted octanol–water partition coefficient (Wildman–Crippen LogP) is 6.08. The molecular formula is C23H32Zr. The van der Waals surface area contributed by atoms with Crippen LogP contribution < -0.4 is 0 Å². The Kier molecular flexibility index (Phi) is 7.74. The van der Waals surface area contributed by atoms with Crippen molar-refractivity contribution in [3.8, 4) is 0 Å². The number of hydrogen-bond acceptors (Lipinski definition) is 0. The van der Waals surface area contributed by atoms with Gasteiger partial charge in [-0.2, -0.15) is 11.8 Å². The van der Waals surface area contributed by atoms with E-state index in [4.69, 9.17) is 0 Å². The fourth-order valence-corrected chi connectivity index (χ4v) is 4.88. The Bertz CT molecular complexity index is 436. The van der Waals surface area contributed by atoms with Crippen LogP contribution in [0, 0.1) is 68.6 Å². The fourth-order valence-electron chi connectivity index (χ4n) is 4.88. The summed E-state index contributed by atoms with van der Waals surface area (Å²) in [5.74, 6) is 4.36. The van der Waals surface area contributed by atoms with Crippen LogP contribution >= 0.6 is 0 Å². The second kappa shape index (κ2) is 8.48. The molecule has 4 aliphatic rings. The summed E-state index contributed by atoms with van der Waals surface area (Å²) in [6.45, 7) is 5.01. The van der Waals surface area contributed by atoms with E-state index in [1.165, 1.54) is 12.8 Å². The molecule has 0 amide bonds. The first-order chi connectivity index (χ1) is 10.1. The van der Waals surface area contributed by atoms with Crippen LogP contribution in [-0.4, -0.2) is 0 Å². The summed E-state index contributed by atoms with van der Waals surface area (Å²) in [6, 6.07) is 0. The van der Waals surface area contributed by atoms with Crippen molar-refractivity contribution in [2.75, 3.05) is 0 Å². The van der Waals surface area contributed by atoms with Crippen molar-refractivity contribution in [1.29, 1.82) is 0 Å². The first-order valence-electron chi connectivity index (χ1n) is 8.54. The van der Waals surface area contributed by atoms with E-state index in [2.05, 4.69) is 75.3 Å². The average molecular weight is 400 g/mol. The molecule has 0 nitrogen and oxygen atoms in total. The zero-order valence-corrected chi connectivity index (χ0v) is 18.1. The van der Waals surface area contributed by atoms with Crippen LogP contribution in [0.2, 0.25) is 0 Å². The third-order valence-corrected chi connectivity index (χ3v) is 6.47. The summed E-state index contributed by atoms with van der Waals surface area (Å²) in [6.07, 6.45) is 26.5. The Balaban J connectivity index is 0.000000960. The summed E-state index contributed by atoms with van der Waals surface area (Å²) in [5, 5.41) is 0. The summed E-state index contributed by atoms with van der Waals surface area (Å²) in [5.41, 5.74) is 0.387. The van der Waals surface area contributed by atoms with Crippen LogP contribution in [0.5, 0.6) is 0 Å². The predicted molar refractivity (Wildman–Crippen MR) is 102 cm³/mol. The maximum absolute atomic E-state index is 2.64. The molecule has 1 heteroatoms. The molecule has 4 rings (SSSR count). The van der Waals surface area contributed by atoms with Crippen molar-refractivity contribution in [2.24, 2.45) is 40.9 Å². The van der Waals surface area contributed by atoms with Crippen LogP contribution in [0.15, 0.2) is 48.6 Å². The average Bonchev–Trinajstić information content (AvgIpc) is 3.11. The molecule has 0 N–H and O–H groups in total. The van der Waals surface area contributed by atoms with E-state index >= 15 is 0 Å². The van der Waals surface area contributed by atoms with Crippen LogP contribution in [0.1, 0.15) is 26.7 Å². The molecule has 0 bridgehead atoms. The van der Waals surface area contributed by atoms with Crippen LogP contribution in [0.3, 0.4) is 0 Å². The van der Waals surface area contributed by atoms with Crippen molar-refractivity contribution in [1.82, 2.24) is 0 Å². The Morgan fingerprint density at radius 1 is 0.708 bits per heavy atom. The molecule has 0 aromatic rings. The maximum Gasteiger partial charge on any atom is 4.00 e. The van der Waals surface area contributed by atoms with Gasteiger partial charge in [0.2, 0.25) is 0 Å². The van der Waals surface area contributed by atoms with E-state index in [1.807, 2.05) is 0 Å².